The van der Waals surface area contributed by atoms with E-state index in [1.54, 1.807) is 14.2 Å². The highest BCUT2D eigenvalue weighted by Crippen LogP contribution is 2.40. The molecule has 0 aliphatic carbocycles. The van der Waals surface area contributed by atoms with Crippen molar-refractivity contribution in [3.63, 3.8) is 0 Å². The van der Waals surface area contributed by atoms with Gasteiger partial charge in [-0.3, -0.25) is 0 Å². The minimum absolute atomic E-state index is 0.818. The maximum Gasteiger partial charge on any atom is 0.169 e. The fourth-order valence-corrected chi connectivity index (χ4v) is 7.27. The Hall–Kier alpha value is -5.63. The van der Waals surface area contributed by atoms with Gasteiger partial charge in [-0.25, -0.2) is 4.57 Å². The lowest BCUT2D eigenvalue weighted by Gasteiger charge is -2.22. The second-order valence-electron chi connectivity index (χ2n) is 14.0. The van der Waals surface area contributed by atoms with Crippen LogP contribution < -0.4 is 14.0 Å². The molecule has 2 heterocycles. The van der Waals surface area contributed by atoms with Gasteiger partial charge in [0.05, 0.1) is 60.1 Å². The molecule has 260 valence electrons. The predicted octanol–water partition coefficient (Wildman–Crippen LogP) is 9.43. The van der Waals surface area contributed by atoms with Crippen LogP contribution >= 0.6 is 11.7 Å². The van der Waals surface area contributed by atoms with Crippen LogP contribution in [-0.2, 0) is 6.54 Å². The zero-order chi connectivity index (χ0) is 36.1. The molecule has 0 aliphatic rings. The molecule has 7 heteroatoms. The van der Waals surface area contributed by atoms with Crippen molar-refractivity contribution in [2.45, 2.75) is 13.0 Å². The van der Waals surface area contributed by atoms with Gasteiger partial charge in [0, 0.05) is 23.3 Å². The van der Waals surface area contributed by atoms with E-state index in [0.29, 0.717) is 0 Å². The Bertz CT molecular complexity index is 2290. The first-order chi connectivity index (χ1) is 25.3. The SMILES string of the molecule is COc1ccc(/C(=C(\c2ccc(OC)cc2)c2ccc(-c3ccc(-c4cc[n+](CCC[N+](C)(C)C)cc4)c4nsnc34)cc2)c2ccccc2)cc1. The molecule has 7 aromatic rings. The van der Waals surface area contributed by atoms with Crippen LogP contribution in [0.4, 0.5) is 0 Å². The van der Waals surface area contributed by atoms with Gasteiger partial charge in [-0.15, -0.1) is 0 Å². The topological polar surface area (TPSA) is 48.1 Å². The third-order valence-corrected chi connectivity index (χ3v) is 9.95. The van der Waals surface area contributed by atoms with Crippen molar-refractivity contribution < 1.29 is 18.5 Å². The van der Waals surface area contributed by atoms with Crippen molar-refractivity contribution in [3.8, 4) is 33.8 Å². The number of quaternary nitrogens is 1. The Labute approximate surface area is 310 Å². The molecule has 7 rings (SSSR count). The number of pyridine rings is 1. The van der Waals surface area contributed by atoms with Crippen molar-refractivity contribution in [1.29, 1.82) is 0 Å². The summed E-state index contributed by atoms with van der Waals surface area (Å²) in [4.78, 5) is 0. The Morgan fingerprint density at radius 2 is 1.00 bits per heavy atom. The highest BCUT2D eigenvalue weighted by Gasteiger charge is 2.19. The van der Waals surface area contributed by atoms with Gasteiger partial charge in [0.25, 0.3) is 0 Å². The lowest BCUT2D eigenvalue weighted by molar-refractivity contribution is -0.873. The first-order valence-electron chi connectivity index (χ1n) is 17.6. The summed E-state index contributed by atoms with van der Waals surface area (Å²) >= 11 is 1.26. The molecular formula is C45H44N4O2S+2. The maximum absolute atomic E-state index is 5.53. The zero-order valence-corrected chi connectivity index (χ0v) is 31.2. The third kappa shape index (κ3) is 7.66. The van der Waals surface area contributed by atoms with Crippen LogP contribution in [0.3, 0.4) is 0 Å². The maximum atomic E-state index is 5.53. The zero-order valence-electron chi connectivity index (χ0n) is 30.4. The molecule has 0 bridgehead atoms. The highest BCUT2D eigenvalue weighted by atomic mass is 32.1. The van der Waals surface area contributed by atoms with Gasteiger partial charge < -0.3 is 14.0 Å². The Morgan fingerprint density at radius 3 is 1.46 bits per heavy atom. The van der Waals surface area contributed by atoms with Gasteiger partial charge >= 0.3 is 0 Å². The van der Waals surface area contributed by atoms with Crippen molar-refractivity contribution in [3.05, 3.63) is 162 Å². The number of hydrogen-bond donors (Lipinski definition) is 0. The first kappa shape index (κ1) is 34.8. The summed E-state index contributed by atoms with van der Waals surface area (Å²) in [6, 6.07) is 44.8. The van der Waals surface area contributed by atoms with Gasteiger partial charge in [0.15, 0.2) is 18.9 Å². The average molecular weight is 705 g/mol. The molecule has 0 fully saturated rings. The van der Waals surface area contributed by atoms with Crippen molar-refractivity contribution in [2.75, 3.05) is 41.9 Å². The summed E-state index contributed by atoms with van der Waals surface area (Å²) in [5.41, 5.74) is 12.9. The Morgan fingerprint density at radius 1 is 0.558 bits per heavy atom. The standard InChI is InChI=1S/C45H44N4O2S/c1-49(2,3)31-9-28-48-29-26-33(27-30-48)41-25-24-40(44-45(41)47-52-46-44)32-12-14-35(15-13-32)43(37-18-22-39(51-5)23-19-37)42(34-10-7-6-8-11-34)36-16-20-38(50-4)21-17-36/h6-8,10-27,29-30H,9,28,31H2,1-5H3/q+2/b43-42-. The molecule has 0 radical (unpaired) electrons. The lowest BCUT2D eigenvalue weighted by Crippen LogP contribution is -2.39. The molecule has 2 aromatic heterocycles. The van der Waals surface area contributed by atoms with E-state index in [0.717, 1.165) is 102 Å². The van der Waals surface area contributed by atoms with Crippen LogP contribution in [0.25, 0.3) is 44.4 Å². The number of methoxy groups -OCH3 is 2. The van der Waals surface area contributed by atoms with Gasteiger partial charge in [-0.2, -0.15) is 8.75 Å². The van der Waals surface area contributed by atoms with Gasteiger partial charge in [0.2, 0.25) is 0 Å². The van der Waals surface area contributed by atoms with E-state index in [-0.39, 0.29) is 0 Å². The summed E-state index contributed by atoms with van der Waals surface area (Å²) in [7, 11) is 10.1. The summed E-state index contributed by atoms with van der Waals surface area (Å²) in [5.74, 6) is 1.64. The van der Waals surface area contributed by atoms with Crippen molar-refractivity contribution in [1.82, 2.24) is 8.75 Å². The van der Waals surface area contributed by atoms with Crippen LogP contribution in [0.15, 0.2) is 140 Å². The number of rotatable bonds is 12. The number of aryl methyl sites for hydroxylation is 1. The largest absolute Gasteiger partial charge is 0.497 e. The van der Waals surface area contributed by atoms with E-state index in [1.165, 1.54) is 11.7 Å². The minimum Gasteiger partial charge on any atom is -0.497 e. The average Bonchev–Trinajstić information content (AvgIpc) is 3.68. The summed E-state index contributed by atoms with van der Waals surface area (Å²) in [5, 5.41) is 0. The summed E-state index contributed by atoms with van der Waals surface area (Å²) < 4.78 is 23.8. The fraction of sp³-hybridized carbons (Fsp3) is 0.178. The normalized spacial score (nSPS) is 12.1. The fourth-order valence-electron chi connectivity index (χ4n) is 6.69. The lowest BCUT2D eigenvalue weighted by atomic mass is 9.85. The molecule has 0 saturated heterocycles. The van der Waals surface area contributed by atoms with E-state index in [2.05, 4.69) is 141 Å². The van der Waals surface area contributed by atoms with Crippen LogP contribution in [0.1, 0.15) is 28.7 Å². The van der Waals surface area contributed by atoms with Crippen molar-refractivity contribution >= 4 is 33.9 Å². The van der Waals surface area contributed by atoms with Crippen LogP contribution in [-0.4, -0.2) is 55.1 Å². The molecule has 0 spiro atoms. The number of fused-ring (bicyclic) bond motifs is 1. The molecular weight excluding hydrogens is 661 g/mol. The van der Waals surface area contributed by atoms with Gasteiger partial charge in [-0.1, -0.05) is 91.0 Å². The molecule has 6 nitrogen and oxygen atoms in total. The monoisotopic (exact) mass is 704 g/mol. The third-order valence-electron chi connectivity index (χ3n) is 9.42. The molecule has 0 aliphatic heterocycles. The molecule has 0 amide bonds. The van der Waals surface area contributed by atoms with E-state index in [1.807, 2.05) is 24.3 Å². The quantitative estimate of drug-likeness (QED) is 0.0723. The van der Waals surface area contributed by atoms with E-state index in [9.17, 15) is 0 Å². The molecule has 0 saturated carbocycles. The van der Waals surface area contributed by atoms with Crippen LogP contribution in [0.2, 0.25) is 0 Å². The Kier molecular flexibility index (Phi) is 10.2. The predicted molar refractivity (Wildman–Crippen MR) is 213 cm³/mol. The smallest absolute Gasteiger partial charge is 0.169 e. The number of nitrogens with zero attached hydrogens (tertiary/aromatic N) is 4. The summed E-state index contributed by atoms with van der Waals surface area (Å²) in [6.07, 6.45) is 5.48. The molecule has 0 unspecified atom stereocenters. The van der Waals surface area contributed by atoms with Crippen LogP contribution in [0, 0.1) is 0 Å². The number of hydrogen-bond acceptors (Lipinski definition) is 5. The van der Waals surface area contributed by atoms with E-state index < -0.39 is 0 Å². The van der Waals surface area contributed by atoms with E-state index >= 15 is 0 Å². The summed E-state index contributed by atoms with van der Waals surface area (Å²) in [6.45, 7) is 2.14. The second kappa shape index (κ2) is 15.3. The van der Waals surface area contributed by atoms with Crippen molar-refractivity contribution in [2.24, 2.45) is 0 Å². The number of ether oxygens (including phenoxy) is 2. The van der Waals surface area contributed by atoms with Gasteiger partial charge in [0.1, 0.15) is 22.5 Å². The van der Waals surface area contributed by atoms with E-state index in [4.69, 9.17) is 18.2 Å². The highest BCUT2D eigenvalue weighted by molar-refractivity contribution is 7.00. The molecule has 5 aromatic carbocycles. The van der Waals surface area contributed by atoms with Gasteiger partial charge in [-0.05, 0) is 68.8 Å². The molecule has 52 heavy (non-hydrogen) atoms. The second-order valence-corrected chi connectivity index (χ2v) is 14.5. The first-order valence-corrected chi connectivity index (χ1v) is 18.3. The minimum atomic E-state index is 0.818. The number of aromatic nitrogens is 3. The number of benzene rings is 5. The molecule has 0 atom stereocenters. The Balaban J connectivity index is 1.28. The molecule has 0 N–H and O–H groups in total. The van der Waals surface area contributed by atoms with Crippen LogP contribution in [0.5, 0.6) is 11.5 Å².